The van der Waals surface area contributed by atoms with Crippen molar-refractivity contribution in [1.82, 2.24) is 15.3 Å². The first-order chi connectivity index (χ1) is 10.4. The van der Waals surface area contributed by atoms with Gasteiger partial charge in [0.15, 0.2) is 0 Å². The molecule has 4 heteroatoms. The highest BCUT2D eigenvalue weighted by atomic mass is 16.5. The molecule has 0 saturated carbocycles. The molecule has 0 aliphatic carbocycles. The molecule has 0 spiro atoms. The number of hydrogen-bond acceptors (Lipinski definition) is 4. The number of nitrogens with zero attached hydrogens (tertiary/aromatic N) is 2. The average Bonchev–Trinajstić information content (AvgIpc) is 2.54. The molecule has 1 aromatic carbocycles. The summed E-state index contributed by atoms with van der Waals surface area (Å²) >= 11 is 0. The van der Waals surface area contributed by atoms with E-state index < -0.39 is 0 Å². The third-order valence-corrected chi connectivity index (χ3v) is 3.25. The third kappa shape index (κ3) is 3.17. The van der Waals surface area contributed by atoms with E-state index in [1.807, 2.05) is 49.6 Å². The molecule has 1 N–H and O–H groups in total. The molecule has 3 aromatic rings. The Bertz CT molecular complexity index is 720. The van der Waals surface area contributed by atoms with E-state index in [9.17, 15) is 0 Å². The van der Waals surface area contributed by atoms with E-state index in [-0.39, 0.29) is 0 Å². The van der Waals surface area contributed by atoms with Crippen LogP contribution < -0.4 is 10.1 Å². The van der Waals surface area contributed by atoms with Gasteiger partial charge in [0.2, 0.25) is 0 Å². The first-order valence-electron chi connectivity index (χ1n) is 6.92. The lowest BCUT2D eigenvalue weighted by molar-refractivity contribution is 0.305. The van der Waals surface area contributed by atoms with Crippen molar-refractivity contribution in [2.75, 3.05) is 7.05 Å². The van der Waals surface area contributed by atoms with Crippen LogP contribution >= 0.6 is 0 Å². The maximum absolute atomic E-state index is 5.89. The first-order valence-corrected chi connectivity index (χ1v) is 6.92. The fourth-order valence-corrected chi connectivity index (χ4v) is 2.20. The van der Waals surface area contributed by atoms with Crippen LogP contribution in [0.4, 0.5) is 0 Å². The number of aromatic nitrogens is 2. The SMILES string of the molecule is CNCc1ccc(COc2cccc3ncccc23)nc1. The molecule has 0 fully saturated rings. The Hall–Kier alpha value is -2.46. The monoisotopic (exact) mass is 279 g/mol. The molecule has 0 saturated heterocycles. The van der Waals surface area contributed by atoms with Crippen LogP contribution in [0, 0.1) is 0 Å². The van der Waals surface area contributed by atoms with Gasteiger partial charge in [-0.25, -0.2) is 0 Å². The van der Waals surface area contributed by atoms with Crippen molar-refractivity contribution in [1.29, 1.82) is 0 Å². The van der Waals surface area contributed by atoms with Gasteiger partial charge in [0.25, 0.3) is 0 Å². The van der Waals surface area contributed by atoms with Gasteiger partial charge in [-0.2, -0.15) is 0 Å². The normalized spacial score (nSPS) is 10.7. The zero-order valence-corrected chi connectivity index (χ0v) is 11.9. The predicted molar refractivity (Wildman–Crippen MR) is 83.1 cm³/mol. The molecule has 4 nitrogen and oxygen atoms in total. The second-order valence-corrected chi connectivity index (χ2v) is 4.80. The molecule has 0 bridgehead atoms. The molecule has 0 atom stereocenters. The average molecular weight is 279 g/mol. The Morgan fingerprint density at radius 1 is 1.05 bits per heavy atom. The number of benzene rings is 1. The zero-order valence-electron chi connectivity index (χ0n) is 11.9. The number of fused-ring (bicyclic) bond motifs is 1. The predicted octanol–water partition coefficient (Wildman–Crippen LogP) is 2.93. The van der Waals surface area contributed by atoms with Crippen molar-refractivity contribution in [3.63, 3.8) is 0 Å². The lowest BCUT2D eigenvalue weighted by Gasteiger charge is -2.09. The molecule has 0 unspecified atom stereocenters. The van der Waals surface area contributed by atoms with Gasteiger partial charge in [0, 0.05) is 24.3 Å². The Balaban J connectivity index is 1.74. The van der Waals surface area contributed by atoms with Crippen molar-refractivity contribution in [3.8, 4) is 5.75 Å². The maximum Gasteiger partial charge on any atom is 0.130 e. The number of nitrogens with one attached hydrogen (secondary N) is 1. The Labute approximate surface area is 123 Å². The van der Waals surface area contributed by atoms with E-state index in [0.717, 1.165) is 34.5 Å². The van der Waals surface area contributed by atoms with Crippen LogP contribution in [0.1, 0.15) is 11.3 Å². The van der Waals surface area contributed by atoms with Gasteiger partial charge in [0.1, 0.15) is 12.4 Å². The van der Waals surface area contributed by atoms with E-state index >= 15 is 0 Å². The lowest BCUT2D eigenvalue weighted by atomic mass is 10.2. The molecular weight excluding hydrogens is 262 g/mol. The van der Waals surface area contributed by atoms with Gasteiger partial charge in [-0.3, -0.25) is 9.97 Å². The fraction of sp³-hybridized carbons (Fsp3) is 0.176. The summed E-state index contributed by atoms with van der Waals surface area (Å²) in [6, 6.07) is 13.9. The minimum Gasteiger partial charge on any atom is -0.487 e. The van der Waals surface area contributed by atoms with Crippen LogP contribution in [0.25, 0.3) is 10.9 Å². The summed E-state index contributed by atoms with van der Waals surface area (Å²) < 4.78 is 5.89. The molecule has 0 amide bonds. The van der Waals surface area contributed by atoms with Gasteiger partial charge in [0.05, 0.1) is 11.2 Å². The zero-order chi connectivity index (χ0) is 14.5. The maximum atomic E-state index is 5.89. The molecule has 2 aromatic heterocycles. The van der Waals surface area contributed by atoms with Gasteiger partial charge >= 0.3 is 0 Å². The smallest absolute Gasteiger partial charge is 0.130 e. The molecule has 0 aliphatic heterocycles. The van der Waals surface area contributed by atoms with Gasteiger partial charge in [-0.05, 0) is 42.9 Å². The number of rotatable bonds is 5. The molecule has 0 aliphatic rings. The summed E-state index contributed by atoms with van der Waals surface area (Å²) in [5, 5.41) is 4.12. The molecule has 0 radical (unpaired) electrons. The Morgan fingerprint density at radius 2 is 2.00 bits per heavy atom. The minimum absolute atomic E-state index is 0.452. The molecule has 2 heterocycles. The number of ether oxygens (including phenoxy) is 1. The minimum atomic E-state index is 0.452. The second-order valence-electron chi connectivity index (χ2n) is 4.80. The number of pyridine rings is 2. The van der Waals surface area contributed by atoms with Gasteiger partial charge in [-0.1, -0.05) is 12.1 Å². The van der Waals surface area contributed by atoms with Gasteiger partial charge in [-0.15, -0.1) is 0 Å². The van der Waals surface area contributed by atoms with Crippen LogP contribution in [0.5, 0.6) is 5.75 Å². The summed E-state index contributed by atoms with van der Waals surface area (Å²) in [6.45, 7) is 1.27. The highest BCUT2D eigenvalue weighted by molar-refractivity contribution is 5.84. The summed E-state index contributed by atoms with van der Waals surface area (Å²) in [5.41, 5.74) is 3.01. The standard InChI is InChI=1S/C17H17N3O/c1-18-10-13-7-8-14(20-11-13)12-21-17-6-2-5-16-15(17)4-3-9-19-16/h2-9,11,18H,10,12H2,1H3. The molecular formula is C17H17N3O. The third-order valence-electron chi connectivity index (χ3n) is 3.25. The van der Waals surface area contributed by atoms with Gasteiger partial charge < -0.3 is 10.1 Å². The molecule has 21 heavy (non-hydrogen) atoms. The van der Waals surface area contributed by atoms with E-state index in [1.165, 1.54) is 0 Å². The Morgan fingerprint density at radius 3 is 2.81 bits per heavy atom. The summed E-state index contributed by atoms with van der Waals surface area (Å²) in [7, 11) is 1.92. The second kappa shape index (κ2) is 6.33. The first kappa shape index (κ1) is 13.5. The van der Waals surface area contributed by atoms with E-state index in [0.29, 0.717) is 6.61 Å². The summed E-state index contributed by atoms with van der Waals surface area (Å²) in [6.07, 6.45) is 3.66. The van der Waals surface area contributed by atoms with E-state index in [4.69, 9.17) is 4.74 Å². The highest BCUT2D eigenvalue weighted by Crippen LogP contribution is 2.24. The summed E-state index contributed by atoms with van der Waals surface area (Å²) in [4.78, 5) is 8.74. The molecule has 106 valence electrons. The quantitative estimate of drug-likeness (QED) is 0.780. The largest absolute Gasteiger partial charge is 0.487 e. The van der Waals surface area contributed by atoms with Crippen LogP contribution in [-0.4, -0.2) is 17.0 Å². The van der Waals surface area contributed by atoms with Crippen LogP contribution in [0.2, 0.25) is 0 Å². The van der Waals surface area contributed by atoms with Crippen molar-refractivity contribution in [3.05, 3.63) is 66.1 Å². The molecule has 3 rings (SSSR count). The van der Waals surface area contributed by atoms with E-state index in [2.05, 4.69) is 21.4 Å². The highest BCUT2D eigenvalue weighted by Gasteiger charge is 2.03. The lowest BCUT2D eigenvalue weighted by Crippen LogP contribution is -2.06. The Kier molecular flexibility index (Phi) is 4.07. The van der Waals surface area contributed by atoms with Crippen molar-refractivity contribution in [2.45, 2.75) is 13.2 Å². The van der Waals surface area contributed by atoms with Crippen LogP contribution in [0.15, 0.2) is 54.9 Å². The van der Waals surface area contributed by atoms with Crippen molar-refractivity contribution in [2.24, 2.45) is 0 Å². The topological polar surface area (TPSA) is 47.0 Å². The fourth-order valence-electron chi connectivity index (χ4n) is 2.20. The van der Waals surface area contributed by atoms with Crippen LogP contribution in [-0.2, 0) is 13.2 Å². The van der Waals surface area contributed by atoms with E-state index in [1.54, 1.807) is 6.20 Å². The number of hydrogen-bond donors (Lipinski definition) is 1. The summed E-state index contributed by atoms with van der Waals surface area (Å²) in [5.74, 6) is 0.835. The van der Waals surface area contributed by atoms with Crippen molar-refractivity contribution >= 4 is 10.9 Å². The van der Waals surface area contributed by atoms with Crippen molar-refractivity contribution < 1.29 is 4.74 Å². The van der Waals surface area contributed by atoms with Crippen LogP contribution in [0.3, 0.4) is 0 Å².